The van der Waals surface area contributed by atoms with Gasteiger partial charge >= 0.3 is 0 Å². The lowest BCUT2D eigenvalue weighted by atomic mass is 10.0. The molecule has 0 radical (unpaired) electrons. The van der Waals surface area contributed by atoms with Crippen LogP contribution in [0.25, 0.3) is 0 Å². The summed E-state index contributed by atoms with van der Waals surface area (Å²) in [7, 11) is 0. The number of aliphatic hydroxyl groups is 3. The van der Waals surface area contributed by atoms with Gasteiger partial charge in [-0.05, 0) is 38.5 Å². The third-order valence-electron chi connectivity index (χ3n) is 11.6. The van der Waals surface area contributed by atoms with Crippen LogP contribution in [0.4, 0.5) is 0 Å². The highest BCUT2D eigenvalue weighted by atomic mass is 16.3. The van der Waals surface area contributed by atoms with Gasteiger partial charge in [-0.3, -0.25) is 4.79 Å². The van der Waals surface area contributed by atoms with E-state index in [0.29, 0.717) is 12.8 Å². The van der Waals surface area contributed by atoms with Gasteiger partial charge in [-0.25, -0.2) is 0 Å². The summed E-state index contributed by atoms with van der Waals surface area (Å²) in [6.07, 6.45) is 53.4. The highest BCUT2D eigenvalue weighted by Gasteiger charge is 2.21. The minimum atomic E-state index is -0.746. The van der Waals surface area contributed by atoms with Gasteiger partial charge in [0.15, 0.2) is 0 Å². The Morgan fingerprint density at radius 3 is 1.07 bits per heavy atom. The summed E-state index contributed by atoms with van der Waals surface area (Å²) in [6, 6.07) is -0.655. The fraction of sp³-hybridized carbons (Fsp3) is 0.939. The Morgan fingerprint density at radius 1 is 0.444 bits per heavy atom. The second kappa shape index (κ2) is 44.8. The van der Waals surface area contributed by atoms with Crippen LogP contribution in [0, 0.1) is 0 Å². The Hall–Kier alpha value is -0.910. The van der Waals surface area contributed by atoms with E-state index < -0.39 is 18.2 Å². The van der Waals surface area contributed by atoms with E-state index in [0.717, 1.165) is 25.7 Å². The van der Waals surface area contributed by atoms with Gasteiger partial charge in [-0.1, -0.05) is 238 Å². The SMILES string of the molecule is CCCCCCCCCCCCCC/C=C\CCCCCCCCCCCCC(O)CC(=O)NC(CO)C(O)CCCCCCCCCCCCCCC. The van der Waals surface area contributed by atoms with Gasteiger partial charge in [0.2, 0.25) is 5.91 Å². The largest absolute Gasteiger partial charge is 0.394 e. The van der Waals surface area contributed by atoms with Crippen molar-refractivity contribution in [2.24, 2.45) is 0 Å². The molecule has 0 aliphatic rings. The molecule has 0 saturated heterocycles. The zero-order chi connectivity index (χ0) is 39.4. The Morgan fingerprint density at radius 2 is 0.741 bits per heavy atom. The van der Waals surface area contributed by atoms with Gasteiger partial charge in [0.25, 0.3) is 0 Å². The molecular weight excluding hydrogens is 667 g/mol. The van der Waals surface area contributed by atoms with E-state index in [4.69, 9.17) is 0 Å². The van der Waals surface area contributed by atoms with Gasteiger partial charge < -0.3 is 20.6 Å². The van der Waals surface area contributed by atoms with Crippen LogP contribution in [0.3, 0.4) is 0 Å². The molecule has 5 heteroatoms. The molecule has 0 aliphatic carbocycles. The van der Waals surface area contributed by atoms with E-state index in [-0.39, 0.29) is 18.9 Å². The molecule has 1 amide bonds. The molecule has 0 spiro atoms. The van der Waals surface area contributed by atoms with Crippen LogP contribution >= 0.6 is 0 Å². The quantitative estimate of drug-likeness (QED) is 0.0367. The van der Waals surface area contributed by atoms with E-state index in [9.17, 15) is 20.1 Å². The standard InChI is InChI=1S/C49H97NO4/c1-3-5-7-9-11-13-15-17-18-19-20-21-22-23-24-25-26-27-28-29-31-32-34-36-38-40-42-46(52)44-49(54)50-47(45-51)48(53)43-41-39-37-35-33-30-16-14-12-10-8-6-4-2/h23-24,46-48,51-53H,3-22,25-45H2,1-2H3,(H,50,54)/b24-23-. The number of allylic oxidation sites excluding steroid dienone is 2. The summed E-state index contributed by atoms with van der Waals surface area (Å²) < 4.78 is 0. The van der Waals surface area contributed by atoms with Crippen LogP contribution in [0.15, 0.2) is 12.2 Å². The Labute approximate surface area is 338 Å². The van der Waals surface area contributed by atoms with Crippen LogP contribution in [0.5, 0.6) is 0 Å². The highest BCUT2D eigenvalue weighted by Crippen LogP contribution is 2.17. The molecular formula is C49H97NO4. The topological polar surface area (TPSA) is 89.8 Å². The van der Waals surface area contributed by atoms with Crippen molar-refractivity contribution in [2.75, 3.05) is 6.61 Å². The zero-order valence-electron chi connectivity index (χ0n) is 36.6. The van der Waals surface area contributed by atoms with Crippen LogP contribution in [0.2, 0.25) is 0 Å². The van der Waals surface area contributed by atoms with Crippen molar-refractivity contribution in [2.45, 2.75) is 289 Å². The van der Waals surface area contributed by atoms with Gasteiger partial charge in [0.1, 0.15) is 0 Å². The molecule has 0 bridgehead atoms. The number of carbonyl (C=O) groups excluding carboxylic acids is 1. The zero-order valence-corrected chi connectivity index (χ0v) is 36.6. The molecule has 54 heavy (non-hydrogen) atoms. The van der Waals surface area contributed by atoms with Gasteiger partial charge in [-0.15, -0.1) is 0 Å². The molecule has 0 aromatic heterocycles. The minimum Gasteiger partial charge on any atom is -0.394 e. The predicted molar refractivity (Wildman–Crippen MR) is 236 cm³/mol. The molecule has 3 unspecified atom stereocenters. The van der Waals surface area contributed by atoms with Gasteiger partial charge in [-0.2, -0.15) is 0 Å². The summed E-state index contributed by atoms with van der Waals surface area (Å²) in [5.74, 6) is -0.281. The first-order chi connectivity index (χ1) is 26.5. The Kier molecular flexibility index (Phi) is 44.0. The van der Waals surface area contributed by atoms with Crippen LogP contribution in [-0.2, 0) is 4.79 Å². The van der Waals surface area contributed by atoms with Crippen molar-refractivity contribution in [1.82, 2.24) is 5.32 Å². The predicted octanol–water partition coefficient (Wildman–Crippen LogP) is 14.4. The molecule has 5 nitrogen and oxygen atoms in total. The third kappa shape index (κ3) is 40.7. The molecule has 322 valence electrons. The van der Waals surface area contributed by atoms with Crippen LogP contribution < -0.4 is 5.32 Å². The first-order valence-corrected chi connectivity index (χ1v) is 24.5. The molecule has 0 fully saturated rings. The molecule has 4 N–H and O–H groups in total. The van der Waals surface area contributed by atoms with E-state index in [1.165, 1.54) is 212 Å². The van der Waals surface area contributed by atoms with Crippen molar-refractivity contribution >= 4 is 5.91 Å². The average Bonchev–Trinajstić information content (AvgIpc) is 3.16. The van der Waals surface area contributed by atoms with E-state index in [1.807, 2.05) is 0 Å². The third-order valence-corrected chi connectivity index (χ3v) is 11.6. The first-order valence-electron chi connectivity index (χ1n) is 24.5. The number of hydrogen-bond donors (Lipinski definition) is 4. The summed E-state index contributed by atoms with van der Waals surface area (Å²) in [4.78, 5) is 12.5. The monoisotopic (exact) mass is 764 g/mol. The number of rotatable bonds is 45. The molecule has 0 aromatic carbocycles. The average molecular weight is 764 g/mol. The van der Waals surface area contributed by atoms with Gasteiger partial charge in [0, 0.05) is 0 Å². The molecule has 0 saturated carbocycles. The lowest BCUT2D eigenvalue weighted by Crippen LogP contribution is -2.46. The van der Waals surface area contributed by atoms with Crippen molar-refractivity contribution < 1.29 is 20.1 Å². The maximum Gasteiger partial charge on any atom is 0.222 e. The minimum absolute atomic E-state index is 0.0389. The number of amides is 1. The highest BCUT2D eigenvalue weighted by molar-refractivity contribution is 5.76. The molecule has 0 heterocycles. The normalized spacial score (nSPS) is 13.5. The van der Waals surface area contributed by atoms with Crippen LogP contribution in [-0.4, -0.2) is 46.1 Å². The van der Waals surface area contributed by atoms with Crippen molar-refractivity contribution in [3.05, 3.63) is 12.2 Å². The fourth-order valence-corrected chi connectivity index (χ4v) is 7.81. The number of unbranched alkanes of at least 4 members (excludes halogenated alkanes) is 34. The Balaban J connectivity index is 3.52. The first kappa shape index (κ1) is 53.1. The van der Waals surface area contributed by atoms with Crippen LogP contribution in [0.1, 0.15) is 271 Å². The fourth-order valence-electron chi connectivity index (χ4n) is 7.81. The molecule has 0 rings (SSSR count). The number of carbonyl (C=O) groups is 1. The summed E-state index contributed by atoms with van der Waals surface area (Å²) in [5, 5.41) is 33.4. The second-order valence-corrected chi connectivity index (χ2v) is 17.1. The van der Waals surface area contributed by atoms with E-state index in [2.05, 4.69) is 31.3 Å². The number of hydrogen-bond acceptors (Lipinski definition) is 4. The number of nitrogens with one attached hydrogen (secondary N) is 1. The lowest BCUT2D eigenvalue weighted by molar-refractivity contribution is -0.125. The second-order valence-electron chi connectivity index (χ2n) is 17.1. The van der Waals surface area contributed by atoms with Crippen molar-refractivity contribution in [1.29, 1.82) is 0 Å². The summed E-state index contributed by atoms with van der Waals surface area (Å²) in [6.45, 7) is 4.28. The van der Waals surface area contributed by atoms with Crippen molar-refractivity contribution in [3.63, 3.8) is 0 Å². The van der Waals surface area contributed by atoms with Crippen molar-refractivity contribution in [3.8, 4) is 0 Å². The van der Waals surface area contributed by atoms with Gasteiger partial charge in [0.05, 0.1) is 31.3 Å². The van der Waals surface area contributed by atoms with E-state index >= 15 is 0 Å². The molecule has 3 atom stereocenters. The van der Waals surface area contributed by atoms with E-state index in [1.54, 1.807) is 0 Å². The smallest absolute Gasteiger partial charge is 0.222 e. The maximum atomic E-state index is 12.5. The number of aliphatic hydroxyl groups excluding tert-OH is 3. The lowest BCUT2D eigenvalue weighted by Gasteiger charge is -2.23. The molecule has 0 aliphatic heterocycles. The molecule has 0 aromatic rings. The summed E-state index contributed by atoms with van der Waals surface area (Å²) in [5.41, 5.74) is 0. The summed E-state index contributed by atoms with van der Waals surface area (Å²) >= 11 is 0. The maximum absolute atomic E-state index is 12.5. The Bertz CT molecular complexity index is 758.